The van der Waals surface area contributed by atoms with Gasteiger partial charge in [-0.2, -0.15) is 0 Å². The van der Waals surface area contributed by atoms with Crippen LogP contribution in [0.1, 0.15) is 5.56 Å². The molecule has 0 amide bonds. The van der Waals surface area contributed by atoms with Gasteiger partial charge in [0.1, 0.15) is 5.75 Å². The van der Waals surface area contributed by atoms with Crippen LogP contribution in [-0.4, -0.2) is 18.9 Å². The molecule has 0 heterocycles. The molecule has 1 atom stereocenters. The molecule has 0 aromatic heterocycles. The second-order valence-corrected chi connectivity index (χ2v) is 7.49. The fourth-order valence-electron chi connectivity index (χ4n) is 2.01. The summed E-state index contributed by atoms with van der Waals surface area (Å²) < 4.78 is 7.55. The maximum absolute atomic E-state index is 6.27. The number of hydrogen-bond donors (Lipinski definition) is 1. The summed E-state index contributed by atoms with van der Waals surface area (Å²) in [6.45, 7) is 0. The quantitative estimate of drug-likeness (QED) is 0.663. The Hall–Kier alpha value is -0.490. The third kappa shape index (κ3) is 5.02. The highest BCUT2D eigenvalue weighted by molar-refractivity contribution is 9.10. The predicted molar refractivity (Wildman–Crippen MR) is 97.2 cm³/mol. The zero-order chi connectivity index (χ0) is 15.2. The largest absolute Gasteiger partial charge is 0.496 e. The van der Waals surface area contributed by atoms with Crippen LogP contribution < -0.4 is 10.5 Å². The van der Waals surface area contributed by atoms with Gasteiger partial charge in [-0.25, -0.2) is 0 Å². The highest BCUT2D eigenvalue weighted by Gasteiger charge is 2.11. The van der Waals surface area contributed by atoms with Gasteiger partial charge in [0.2, 0.25) is 0 Å². The summed E-state index contributed by atoms with van der Waals surface area (Å²) in [7, 11) is 1.69. The zero-order valence-electron chi connectivity index (χ0n) is 11.7. The van der Waals surface area contributed by atoms with Gasteiger partial charge in [0.05, 0.1) is 7.11 Å². The van der Waals surface area contributed by atoms with E-state index in [1.165, 1.54) is 4.90 Å². The van der Waals surface area contributed by atoms with Gasteiger partial charge in [-0.3, -0.25) is 0 Å². The average molecular weight is 431 g/mol. The third-order valence-electron chi connectivity index (χ3n) is 3.01. The van der Waals surface area contributed by atoms with E-state index in [9.17, 15) is 0 Å². The molecule has 0 radical (unpaired) electrons. The van der Waals surface area contributed by atoms with Crippen molar-refractivity contribution in [2.75, 3.05) is 12.9 Å². The standard InChI is InChI=1S/C16H17Br2NOS/c1-20-15-7-6-12(17)8-11(15)9-13(19)10-21-16-5-3-2-4-14(16)18/h2-8,13H,9-10,19H2,1H3. The van der Waals surface area contributed by atoms with Crippen molar-refractivity contribution in [1.29, 1.82) is 0 Å². The predicted octanol–water partition coefficient (Wildman–Crippen LogP) is 4.88. The van der Waals surface area contributed by atoms with Crippen LogP contribution in [0.3, 0.4) is 0 Å². The van der Waals surface area contributed by atoms with Crippen molar-refractivity contribution in [3.8, 4) is 5.75 Å². The molecule has 0 saturated carbocycles. The number of methoxy groups -OCH3 is 1. The first-order valence-electron chi connectivity index (χ1n) is 6.55. The second kappa shape index (κ2) is 8.22. The summed E-state index contributed by atoms with van der Waals surface area (Å²) in [6, 6.07) is 14.3. The molecule has 0 aliphatic heterocycles. The van der Waals surface area contributed by atoms with Gasteiger partial charge in [-0.05, 0) is 58.2 Å². The Kier molecular flexibility index (Phi) is 6.61. The number of thioether (sulfide) groups is 1. The van der Waals surface area contributed by atoms with Crippen molar-refractivity contribution in [3.63, 3.8) is 0 Å². The van der Waals surface area contributed by atoms with Gasteiger partial charge in [0.25, 0.3) is 0 Å². The summed E-state index contributed by atoms with van der Waals surface area (Å²) in [5, 5.41) is 0. The molecule has 0 fully saturated rings. The van der Waals surface area contributed by atoms with Crippen molar-refractivity contribution < 1.29 is 4.74 Å². The summed E-state index contributed by atoms with van der Waals surface area (Å²) >= 11 is 8.82. The number of hydrogen-bond acceptors (Lipinski definition) is 3. The second-order valence-electron chi connectivity index (χ2n) is 4.66. The fourth-order valence-corrected chi connectivity index (χ4v) is 3.94. The van der Waals surface area contributed by atoms with E-state index in [0.717, 1.165) is 32.4 Å². The summed E-state index contributed by atoms with van der Waals surface area (Å²) in [5.74, 6) is 1.75. The molecule has 5 heteroatoms. The van der Waals surface area contributed by atoms with Gasteiger partial charge in [0, 0.05) is 25.6 Å². The van der Waals surface area contributed by atoms with Gasteiger partial charge in [-0.1, -0.05) is 28.1 Å². The van der Waals surface area contributed by atoms with Gasteiger partial charge >= 0.3 is 0 Å². The topological polar surface area (TPSA) is 35.2 Å². The first-order valence-corrected chi connectivity index (χ1v) is 9.12. The molecule has 0 saturated heterocycles. The van der Waals surface area contributed by atoms with Crippen LogP contribution in [0.2, 0.25) is 0 Å². The number of nitrogens with two attached hydrogens (primary N) is 1. The highest BCUT2D eigenvalue weighted by atomic mass is 79.9. The number of rotatable bonds is 6. The number of benzene rings is 2. The Morgan fingerprint density at radius 3 is 2.67 bits per heavy atom. The van der Waals surface area contributed by atoms with Crippen LogP contribution in [0.5, 0.6) is 5.75 Å². The van der Waals surface area contributed by atoms with Gasteiger partial charge < -0.3 is 10.5 Å². The summed E-state index contributed by atoms with van der Waals surface area (Å²) in [6.07, 6.45) is 0.792. The SMILES string of the molecule is COc1ccc(Br)cc1CC(N)CSc1ccccc1Br. The van der Waals surface area contributed by atoms with E-state index in [4.69, 9.17) is 10.5 Å². The Labute approximate surface area is 146 Å². The van der Waals surface area contributed by atoms with Gasteiger partial charge in [-0.15, -0.1) is 11.8 Å². The van der Waals surface area contributed by atoms with E-state index < -0.39 is 0 Å². The third-order valence-corrected chi connectivity index (χ3v) is 5.72. The fraction of sp³-hybridized carbons (Fsp3) is 0.250. The van der Waals surface area contributed by atoms with E-state index in [1.54, 1.807) is 18.9 Å². The normalized spacial score (nSPS) is 12.2. The average Bonchev–Trinajstić information content (AvgIpc) is 2.47. The van der Waals surface area contributed by atoms with E-state index in [1.807, 2.05) is 30.3 Å². The van der Waals surface area contributed by atoms with E-state index in [0.29, 0.717) is 0 Å². The Morgan fingerprint density at radius 2 is 1.95 bits per heavy atom. The van der Waals surface area contributed by atoms with Crippen molar-refractivity contribution in [1.82, 2.24) is 0 Å². The molecule has 112 valence electrons. The van der Waals surface area contributed by atoms with Gasteiger partial charge in [0.15, 0.2) is 0 Å². The van der Waals surface area contributed by atoms with Crippen molar-refractivity contribution in [2.45, 2.75) is 17.4 Å². The van der Waals surface area contributed by atoms with Crippen LogP contribution in [-0.2, 0) is 6.42 Å². The zero-order valence-corrected chi connectivity index (χ0v) is 15.7. The molecule has 1 unspecified atom stereocenters. The minimum atomic E-state index is 0.0744. The molecule has 21 heavy (non-hydrogen) atoms. The molecule has 0 aliphatic rings. The van der Waals surface area contributed by atoms with Crippen LogP contribution in [0, 0.1) is 0 Å². The highest BCUT2D eigenvalue weighted by Crippen LogP contribution is 2.29. The molecule has 0 spiro atoms. The van der Waals surface area contributed by atoms with Crippen LogP contribution >= 0.6 is 43.6 Å². The molecular weight excluding hydrogens is 414 g/mol. The molecule has 0 bridgehead atoms. The molecule has 2 nitrogen and oxygen atoms in total. The summed E-state index contributed by atoms with van der Waals surface area (Å²) in [4.78, 5) is 1.22. The lowest BCUT2D eigenvalue weighted by Gasteiger charge is -2.15. The molecule has 0 aliphatic carbocycles. The maximum Gasteiger partial charge on any atom is 0.122 e. The minimum Gasteiger partial charge on any atom is -0.496 e. The molecular formula is C16H17Br2NOS. The van der Waals surface area contributed by atoms with E-state index >= 15 is 0 Å². The lowest BCUT2D eigenvalue weighted by Crippen LogP contribution is -2.25. The smallest absolute Gasteiger partial charge is 0.122 e. The van der Waals surface area contributed by atoms with E-state index in [-0.39, 0.29) is 6.04 Å². The monoisotopic (exact) mass is 429 g/mol. The van der Waals surface area contributed by atoms with Crippen LogP contribution in [0.25, 0.3) is 0 Å². The number of halogens is 2. The lowest BCUT2D eigenvalue weighted by molar-refractivity contribution is 0.408. The Morgan fingerprint density at radius 1 is 1.19 bits per heavy atom. The first kappa shape index (κ1) is 16.9. The van der Waals surface area contributed by atoms with Crippen molar-refractivity contribution in [2.24, 2.45) is 5.73 Å². The van der Waals surface area contributed by atoms with Crippen LogP contribution in [0.15, 0.2) is 56.3 Å². The molecule has 2 N–H and O–H groups in total. The summed E-state index contributed by atoms with van der Waals surface area (Å²) in [5.41, 5.74) is 7.40. The Bertz CT molecular complexity index is 607. The maximum atomic E-state index is 6.27. The van der Waals surface area contributed by atoms with Crippen molar-refractivity contribution >= 4 is 43.6 Å². The molecule has 2 aromatic carbocycles. The number of ether oxygens (including phenoxy) is 1. The molecule has 2 rings (SSSR count). The lowest BCUT2D eigenvalue weighted by atomic mass is 10.1. The van der Waals surface area contributed by atoms with Crippen molar-refractivity contribution in [3.05, 3.63) is 57.0 Å². The van der Waals surface area contributed by atoms with Crippen LogP contribution in [0.4, 0.5) is 0 Å². The first-order chi connectivity index (χ1) is 10.1. The Balaban J connectivity index is 1.97. The van der Waals surface area contributed by atoms with E-state index in [2.05, 4.69) is 44.0 Å². The molecule has 2 aromatic rings. The minimum absolute atomic E-state index is 0.0744.